The molecule has 17 heavy (non-hydrogen) atoms. The minimum absolute atomic E-state index is 0.271. The molecule has 0 radical (unpaired) electrons. The summed E-state index contributed by atoms with van der Waals surface area (Å²) in [7, 11) is 0. The number of hydrogen-bond donors (Lipinski definition) is 2. The monoisotopic (exact) mass is 257 g/mol. The van der Waals surface area contributed by atoms with E-state index < -0.39 is 6.10 Å². The van der Waals surface area contributed by atoms with Gasteiger partial charge in [0.1, 0.15) is 11.9 Å². The molecule has 0 amide bonds. The summed E-state index contributed by atoms with van der Waals surface area (Å²) < 4.78 is 5.56. The molecule has 0 aliphatic carbocycles. The topological polar surface area (TPSA) is 41.5 Å². The summed E-state index contributed by atoms with van der Waals surface area (Å²) in [5, 5.41) is 13.2. The van der Waals surface area contributed by atoms with E-state index in [9.17, 15) is 5.11 Å². The first-order chi connectivity index (χ1) is 8.04. The second kappa shape index (κ2) is 6.84. The highest BCUT2D eigenvalue weighted by Crippen LogP contribution is 2.26. The van der Waals surface area contributed by atoms with E-state index in [2.05, 4.69) is 12.2 Å². The number of rotatable bonds is 6. The van der Waals surface area contributed by atoms with Crippen molar-refractivity contribution in [3.8, 4) is 5.75 Å². The Morgan fingerprint density at radius 3 is 2.65 bits per heavy atom. The van der Waals surface area contributed by atoms with Crippen molar-refractivity contribution in [2.45, 2.75) is 39.5 Å². The zero-order valence-electron chi connectivity index (χ0n) is 10.5. The van der Waals surface area contributed by atoms with Crippen LogP contribution in [-0.4, -0.2) is 23.9 Å². The predicted molar refractivity (Wildman–Crippen MR) is 70.6 cm³/mol. The van der Waals surface area contributed by atoms with Crippen molar-refractivity contribution in [2.24, 2.45) is 0 Å². The molecule has 0 aliphatic heterocycles. The summed E-state index contributed by atoms with van der Waals surface area (Å²) in [4.78, 5) is 0. The van der Waals surface area contributed by atoms with Crippen LogP contribution in [0.25, 0.3) is 0 Å². The largest absolute Gasteiger partial charge is 0.486 e. The fourth-order valence-electron chi connectivity index (χ4n) is 1.32. The van der Waals surface area contributed by atoms with Crippen LogP contribution >= 0.6 is 11.6 Å². The van der Waals surface area contributed by atoms with Gasteiger partial charge in [0.15, 0.2) is 0 Å². The van der Waals surface area contributed by atoms with E-state index >= 15 is 0 Å². The molecule has 4 heteroatoms. The van der Waals surface area contributed by atoms with Crippen molar-refractivity contribution in [3.63, 3.8) is 0 Å². The molecule has 0 heterocycles. The van der Waals surface area contributed by atoms with Gasteiger partial charge in [-0.1, -0.05) is 24.6 Å². The van der Waals surface area contributed by atoms with Crippen LogP contribution in [-0.2, 0) is 6.54 Å². The van der Waals surface area contributed by atoms with E-state index in [1.165, 1.54) is 0 Å². The van der Waals surface area contributed by atoms with Crippen molar-refractivity contribution in [1.29, 1.82) is 0 Å². The fourth-order valence-corrected chi connectivity index (χ4v) is 1.57. The Bertz CT molecular complexity index is 355. The molecule has 0 saturated heterocycles. The standard InChI is InChI=1S/C13H20ClNO2/c1-4-15-8-11-5-6-13(12(14)7-11)17-10(3)9(2)16/h5-7,9-10,15-16H,4,8H2,1-3H3. The third-order valence-electron chi connectivity index (χ3n) is 2.57. The van der Waals surface area contributed by atoms with Gasteiger partial charge in [0.25, 0.3) is 0 Å². The number of hydrogen-bond acceptors (Lipinski definition) is 3. The Labute approximate surface area is 108 Å². The molecule has 1 rings (SSSR count). The minimum Gasteiger partial charge on any atom is -0.486 e. The van der Waals surface area contributed by atoms with E-state index in [1.807, 2.05) is 25.1 Å². The molecule has 0 aliphatic rings. The second-order valence-corrected chi connectivity index (χ2v) is 4.52. The first-order valence-electron chi connectivity index (χ1n) is 5.88. The van der Waals surface area contributed by atoms with Crippen LogP contribution in [0.5, 0.6) is 5.75 Å². The SMILES string of the molecule is CCNCc1ccc(OC(C)C(C)O)c(Cl)c1. The Morgan fingerprint density at radius 1 is 1.41 bits per heavy atom. The van der Waals surface area contributed by atoms with E-state index in [4.69, 9.17) is 16.3 Å². The van der Waals surface area contributed by atoms with Gasteiger partial charge >= 0.3 is 0 Å². The van der Waals surface area contributed by atoms with Gasteiger partial charge in [-0.25, -0.2) is 0 Å². The maximum absolute atomic E-state index is 9.37. The van der Waals surface area contributed by atoms with Crippen LogP contribution in [0.15, 0.2) is 18.2 Å². The van der Waals surface area contributed by atoms with Crippen LogP contribution in [0.1, 0.15) is 26.3 Å². The highest BCUT2D eigenvalue weighted by Gasteiger charge is 2.12. The minimum atomic E-state index is -0.521. The van der Waals surface area contributed by atoms with Gasteiger partial charge in [-0.05, 0) is 38.1 Å². The number of halogens is 1. The molecule has 0 saturated carbocycles. The summed E-state index contributed by atoms with van der Waals surface area (Å²) in [5.41, 5.74) is 1.12. The van der Waals surface area contributed by atoms with Crippen LogP contribution in [0, 0.1) is 0 Å². The van der Waals surface area contributed by atoms with Gasteiger partial charge in [-0.2, -0.15) is 0 Å². The molecular formula is C13H20ClNO2. The third kappa shape index (κ3) is 4.54. The predicted octanol–water partition coefficient (Wildman–Crippen LogP) is 2.60. The first kappa shape index (κ1) is 14.3. The maximum Gasteiger partial charge on any atom is 0.138 e. The molecule has 2 N–H and O–H groups in total. The fraction of sp³-hybridized carbons (Fsp3) is 0.538. The Balaban J connectivity index is 2.69. The third-order valence-corrected chi connectivity index (χ3v) is 2.86. The van der Waals surface area contributed by atoms with Crippen molar-refractivity contribution in [3.05, 3.63) is 28.8 Å². The molecule has 0 spiro atoms. The van der Waals surface area contributed by atoms with Gasteiger partial charge in [0, 0.05) is 6.54 Å². The molecule has 1 aromatic rings. The molecular weight excluding hydrogens is 238 g/mol. The molecule has 2 atom stereocenters. The van der Waals surface area contributed by atoms with Gasteiger partial charge in [0.2, 0.25) is 0 Å². The number of nitrogens with one attached hydrogen (secondary N) is 1. The average molecular weight is 258 g/mol. The van der Waals surface area contributed by atoms with Crippen molar-refractivity contribution < 1.29 is 9.84 Å². The van der Waals surface area contributed by atoms with Crippen molar-refractivity contribution >= 4 is 11.6 Å². The van der Waals surface area contributed by atoms with E-state index in [0.717, 1.165) is 18.7 Å². The maximum atomic E-state index is 9.37. The van der Waals surface area contributed by atoms with E-state index in [1.54, 1.807) is 6.92 Å². The number of aliphatic hydroxyl groups excluding tert-OH is 1. The lowest BCUT2D eigenvalue weighted by Gasteiger charge is -2.18. The Morgan fingerprint density at radius 2 is 2.12 bits per heavy atom. The summed E-state index contributed by atoms with van der Waals surface area (Å²) >= 11 is 6.12. The van der Waals surface area contributed by atoms with Crippen LogP contribution in [0.2, 0.25) is 5.02 Å². The van der Waals surface area contributed by atoms with Gasteiger partial charge in [0.05, 0.1) is 11.1 Å². The lowest BCUT2D eigenvalue weighted by Crippen LogP contribution is -2.25. The summed E-state index contributed by atoms with van der Waals surface area (Å²) in [6.07, 6.45) is -0.792. The van der Waals surface area contributed by atoms with Crippen molar-refractivity contribution in [2.75, 3.05) is 6.54 Å². The van der Waals surface area contributed by atoms with Gasteiger partial charge in [-0.3, -0.25) is 0 Å². The van der Waals surface area contributed by atoms with Gasteiger partial charge in [-0.15, -0.1) is 0 Å². The molecule has 0 fully saturated rings. The lowest BCUT2D eigenvalue weighted by molar-refractivity contribution is 0.0605. The summed E-state index contributed by atoms with van der Waals surface area (Å²) in [6.45, 7) is 7.28. The Hall–Kier alpha value is -0.770. The number of ether oxygens (including phenoxy) is 1. The molecule has 2 unspecified atom stereocenters. The quantitative estimate of drug-likeness (QED) is 0.823. The molecule has 3 nitrogen and oxygen atoms in total. The highest BCUT2D eigenvalue weighted by molar-refractivity contribution is 6.32. The first-order valence-corrected chi connectivity index (χ1v) is 6.26. The van der Waals surface area contributed by atoms with Crippen LogP contribution in [0.3, 0.4) is 0 Å². The zero-order valence-corrected chi connectivity index (χ0v) is 11.3. The normalized spacial score (nSPS) is 14.4. The molecule has 96 valence electrons. The average Bonchev–Trinajstić information content (AvgIpc) is 2.29. The Kier molecular flexibility index (Phi) is 5.75. The van der Waals surface area contributed by atoms with Crippen LogP contribution < -0.4 is 10.1 Å². The smallest absolute Gasteiger partial charge is 0.138 e. The van der Waals surface area contributed by atoms with E-state index in [0.29, 0.717) is 10.8 Å². The van der Waals surface area contributed by atoms with Crippen LogP contribution in [0.4, 0.5) is 0 Å². The van der Waals surface area contributed by atoms with Gasteiger partial charge < -0.3 is 15.2 Å². The lowest BCUT2D eigenvalue weighted by atomic mass is 10.2. The molecule has 0 aromatic heterocycles. The van der Waals surface area contributed by atoms with E-state index in [-0.39, 0.29) is 6.10 Å². The summed E-state index contributed by atoms with van der Waals surface area (Å²) in [6, 6.07) is 5.70. The molecule has 1 aromatic carbocycles. The molecule has 0 bridgehead atoms. The summed E-state index contributed by atoms with van der Waals surface area (Å²) in [5.74, 6) is 0.611. The zero-order chi connectivity index (χ0) is 12.8. The number of aliphatic hydroxyl groups is 1. The highest BCUT2D eigenvalue weighted by atomic mass is 35.5. The second-order valence-electron chi connectivity index (χ2n) is 4.11. The van der Waals surface area contributed by atoms with Crippen molar-refractivity contribution in [1.82, 2.24) is 5.32 Å². The number of benzene rings is 1.